The molecule has 4 nitrogen and oxygen atoms in total. The van der Waals surface area contributed by atoms with Crippen molar-refractivity contribution in [1.29, 1.82) is 0 Å². The van der Waals surface area contributed by atoms with Gasteiger partial charge in [0.05, 0.1) is 7.11 Å². The lowest BCUT2D eigenvalue weighted by molar-refractivity contribution is -0.148. The zero-order chi connectivity index (χ0) is 13.0. The van der Waals surface area contributed by atoms with Crippen molar-refractivity contribution in [2.24, 2.45) is 0 Å². The molecule has 18 heavy (non-hydrogen) atoms. The third-order valence-corrected chi connectivity index (χ3v) is 3.51. The third kappa shape index (κ3) is 2.71. The van der Waals surface area contributed by atoms with Gasteiger partial charge in [0, 0.05) is 19.6 Å². The van der Waals surface area contributed by atoms with Crippen molar-refractivity contribution in [3.05, 3.63) is 35.9 Å². The summed E-state index contributed by atoms with van der Waals surface area (Å²) in [4.78, 5) is 14.1. The van der Waals surface area contributed by atoms with Crippen molar-refractivity contribution in [3.63, 3.8) is 0 Å². The Morgan fingerprint density at radius 3 is 2.72 bits per heavy atom. The Kier molecular flexibility index (Phi) is 3.99. The number of hydrogen-bond acceptors (Lipinski definition) is 4. The van der Waals surface area contributed by atoms with Crippen LogP contribution in [0.25, 0.3) is 0 Å². The number of esters is 1. The van der Waals surface area contributed by atoms with E-state index in [1.165, 1.54) is 12.7 Å². The summed E-state index contributed by atoms with van der Waals surface area (Å²) < 4.78 is 4.95. The van der Waals surface area contributed by atoms with Gasteiger partial charge in [-0.3, -0.25) is 10.1 Å². The van der Waals surface area contributed by atoms with E-state index in [4.69, 9.17) is 4.74 Å². The summed E-state index contributed by atoms with van der Waals surface area (Å²) in [5.41, 5.74) is 0.620. The second-order valence-electron chi connectivity index (χ2n) is 4.90. The normalized spacial score (nSPS) is 24.1. The monoisotopic (exact) mass is 248 g/mol. The molecule has 4 heteroatoms. The number of rotatable bonds is 4. The predicted octanol–water partition coefficient (Wildman–Crippen LogP) is 1.02. The van der Waals surface area contributed by atoms with E-state index in [2.05, 4.69) is 22.3 Å². The molecule has 2 rings (SSSR count). The standard InChI is InChI=1S/C14H20N2O2/c1-16-9-8-14(11-16,13(17)18-2)15-10-12-6-4-3-5-7-12/h3-7,15H,8-11H2,1-2H3. The van der Waals surface area contributed by atoms with Crippen molar-refractivity contribution < 1.29 is 9.53 Å². The zero-order valence-electron chi connectivity index (χ0n) is 11.0. The second-order valence-corrected chi connectivity index (χ2v) is 4.90. The first-order valence-electron chi connectivity index (χ1n) is 6.22. The molecule has 1 saturated heterocycles. The summed E-state index contributed by atoms with van der Waals surface area (Å²) in [7, 11) is 3.47. The molecule has 1 fully saturated rings. The second kappa shape index (κ2) is 5.50. The van der Waals surface area contributed by atoms with Crippen molar-refractivity contribution in [2.75, 3.05) is 27.2 Å². The highest BCUT2D eigenvalue weighted by Gasteiger charge is 2.44. The number of ether oxygens (including phenoxy) is 1. The van der Waals surface area contributed by atoms with Gasteiger partial charge in [-0.15, -0.1) is 0 Å². The summed E-state index contributed by atoms with van der Waals surface area (Å²) in [5.74, 6) is -0.164. The van der Waals surface area contributed by atoms with Crippen LogP contribution in [-0.4, -0.2) is 43.7 Å². The van der Waals surface area contributed by atoms with E-state index in [-0.39, 0.29) is 5.97 Å². The minimum absolute atomic E-state index is 0.164. The number of carbonyl (C=O) groups is 1. The summed E-state index contributed by atoms with van der Waals surface area (Å²) in [6.45, 7) is 2.30. The molecular formula is C14H20N2O2. The van der Waals surface area contributed by atoms with Crippen molar-refractivity contribution in [1.82, 2.24) is 10.2 Å². The summed E-state index contributed by atoms with van der Waals surface area (Å²) in [5, 5.41) is 3.38. The van der Waals surface area contributed by atoms with Gasteiger partial charge in [0.25, 0.3) is 0 Å². The first-order valence-corrected chi connectivity index (χ1v) is 6.22. The fraction of sp³-hybridized carbons (Fsp3) is 0.500. The molecule has 0 saturated carbocycles. The SMILES string of the molecule is COC(=O)C1(NCc2ccccc2)CCN(C)C1. The smallest absolute Gasteiger partial charge is 0.327 e. The molecule has 0 amide bonds. The maximum Gasteiger partial charge on any atom is 0.327 e. The lowest BCUT2D eigenvalue weighted by Crippen LogP contribution is -2.54. The average molecular weight is 248 g/mol. The molecule has 1 N–H and O–H groups in total. The molecule has 1 heterocycles. The molecule has 0 spiro atoms. The van der Waals surface area contributed by atoms with Crippen LogP contribution in [0.1, 0.15) is 12.0 Å². The lowest BCUT2D eigenvalue weighted by atomic mass is 9.98. The van der Waals surface area contributed by atoms with Gasteiger partial charge in [0.1, 0.15) is 5.54 Å². The van der Waals surface area contributed by atoms with Crippen LogP contribution < -0.4 is 5.32 Å². The molecule has 1 aliphatic heterocycles. The summed E-state index contributed by atoms with van der Waals surface area (Å²) in [6, 6.07) is 10.1. The zero-order valence-corrected chi connectivity index (χ0v) is 11.0. The van der Waals surface area contributed by atoms with Crippen LogP contribution in [0.5, 0.6) is 0 Å². The van der Waals surface area contributed by atoms with Crippen LogP contribution in [0, 0.1) is 0 Å². The van der Waals surface area contributed by atoms with E-state index in [0.717, 1.165) is 13.0 Å². The predicted molar refractivity (Wildman–Crippen MR) is 70.1 cm³/mol. The molecule has 1 unspecified atom stereocenters. The van der Waals surface area contributed by atoms with Gasteiger partial charge in [0.15, 0.2) is 0 Å². The van der Waals surface area contributed by atoms with Crippen molar-refractivity contribution in [2.45, 2.75) is 18.5 Å². The van der Waals surface area contributed by atoms with Gasteiger partial charge in [-0.2, -0.15) is 0 Å². The Morgan fingerprint density at radius 1 is 1.44 bits per heavy atom. The molecule has 1 aliphatic rings. The maximum absolute atomic E-state index is 12.0. The van der Waals surface area contributed by atoms with Crippen LogP contribution in [0.4, 0.5) is 0 Å². The third-order valence-electron chi connectivity index (χ3n) is 3.51. The van der Waals surface area contributed by atoms with Gasteiger partial charge < -0.3 is 9.64 Å². The van der Waals surface area contributed by atoms with Gasteiger partial charge in [0.2, 0.25) is 0 Å². The number of carbonyl (C=O) groups excluding carboxylic acids is 1. The van der Waals surface area contributed by atoms with Crippen molar-refractivity contribution in [3.8, 4) is 0 Å². The summed E-state index contributed by atoms with van der Waals surface area (Å²) in [6.07, 6.45) is 0.795. The van der Waals surface area contributed by atoms with E-state index < -0.39 is 5.54 Å². The van der Waals surface area contributed by atoms with Gasteiger partial charge in [-0.05, 0) is 19.0 Å². The Morgan fingerprint density at radius 2 is 2.17 bits per heavy atom. The fourth-order valence-corrected chi connectivity index (χ4v) is 2.45. The molecule has 1 atom stereocenters. The summed E-state index contributed by atoms with van der Waals surface area (Å²) >= 11 is 0. The molecule has 0 aromatic heterocycles. The molecule has 1 aromatic carbocycles. The highest BCUT2D eigenvalue weighted by atomic mass is 16.5. The Hall–Kier alpha value is -1.39. The topological polar surface area (TPSA) is 41.6 Å². The molecule has 0 aliphatic carbocycles. The number of likely N-dealkylation sites (tertiary alicyclic amines) is 1. The quantitative estimate of drug-likeness (QED) is 0.808. The molecule has 0 radical (unpaired) electrons. The average Bonchev–Trinajstić information content (AvgIpc) is 2.80. The van der Waals surface area contributed by atoms with Gasteiger partial charge in [-0.25, -0.2) is 0 Å². The number of nitrogens with zero attached hydrogens (tertiary/aromatic N) is 1. The minimum Gasteiger partial charge on any atom is -0.468 e. The van der Waals surface area contributed by atoms with Crippen LogP contribution in [-0.2, 0) is 16.1 Å². The molecule has 0 bridgehead atoms. The fourth-order valence-electron chi connectivity index (χ4n) is 2.45. The van der Waals surface area contributed by atoms with E-state index in [1.807, 2.05) is 25.2 Å². The van der Waals surface area contributed by atoms with Crippen LogP contribution in [0.2, 0.25) is 0 Å². The van der Waals surface area contributed by atoms with Gasteiger partial charge in [-0.1, -0.05) is 30.3 Å². The maximum atomic E-state index is 12.0. The van der Waals surface area contributed by atoms with Gasteiger partial charge >= 0.3 is 5.97 Å². The first kappa shape index (κ1) is 13.1. The van der Waals surface area contributed by atoms with E-state index in [9.17, 15) is 4.79 Å². The van der Waals surface area contributed by atoms with E-state index in [0.29, 0.717) is 13.1 Å². The number of benzene rings is 1. The van der Waals surface area contributed by atoms with Crippen molar-refractivity contribution >= 4 is 5.97 Å². The van der Waals surface area contributed by atoms with E-state index in [1.54, 1.807) is 0 Å². The van der Waals surface area contributed by atoms with Crippen LogP contribution in [0.15, 0.2) is 30.3 Å². The highest BCUT2D eigenvalue weighted by molar-refractivity contribution is 5.81. The number of methoxy groups -OCH3 is 1. The lowest BCUT2D eigenvalue weighted by Gasteiger charge is -2.27. The Balaban J connectivity index is 2.05. The number of likely N-dealkylation sites (N-methyl/N-ethyl adjacent to an activating group) is 1. The Labute approximate surface area is 108 Å². The largest absolute Gasteiger partial charge is 0.468 e. The molecule has 1 aromatic rings. The Bertz CT molecular complexity index is 408. The molecular weight excluding hydrogens is 228 g/mol. The first-order chi connectivity index (χ1) is 8.66. The minimum atomic E-state index is -0.556. The number of nitrogens with one attached hydrogen (secondary N) is 1. The molecule has 98 valence electrons. The van der Waals surface area contributed by atoms with Crippen LogP contribution >= 0.6 is 0 Å². The number of hydrogen-bond donors (Lipinski definition) is 1. The van der Waals surface area contributed by atoms with Crippen LogP contribution in [0.3, 0.4) is 0 Å². The van der Waals surface area contributed by atoms with E-state index >= 15 is 0 Å². The highest BCUT2D eigenvalue weighted by Crippen LogP contribution is 2.22.